The standard InChI is InChI=1S/C27H33N3O2S/c1-4-16-29(27(32)28-24-13-9-12-22(5-2)17-24)20-26(31)30(18-23-10-7-6-8-11-23)19-25-15-14-21(3)33-25/h6-15,17H,4-5,16,18-20H2,1-3H3,(H,28,32). The van der Waals surface area contributed by atoms with Gasteiger partial charge >= 0.3 is 6.03 Å². The Hall–Kier alpha value is -3.12. The normalized spacial score (nSPS) is 10.6. The molecule has 0 aliphatic heterocycles. The zero-order valence-corrected chi connectivity index (χ0v) is 20.5. The average molecular weight is 464 g/mol. The smallest absolute Gasteiger partial charge is 0.322 e. The number of carbonyl (C=O) groups is 2. The van der Waals surface area contributed by atoms with E-state index in [2.05, 4.69) is 31.3 Å². The summed E-state index contributed by atoms with van der Waals surface area (Å²) < 4.78 is 0. The molecule has 6 heteroatoms. The van der Waals surface area contributed by atoms with E-state index in [1.54, 1.807) is 16.2 Å². The molecule has 0 bridgehead atoms. The van der Waals surface area contributed by atoms with Crippen molar-refractivity contribution < 1.29 is 9.59 Å². The predicted molar refractivity (Wildman–Crippen MR) is 136 cm³/mol. The third-order valence-corrected chi connectivity index (χ3v) is 6.39. The third-order valence-electron chi connectivity index (χ3n) is 5.41. The second-order valence-corrected chi connectivity index (χ2v) is 9.53. The van der Waals surface area contributed by atoms with Crippen molar-refractivity contribution in [2.45, 2.75) is 46.7 Å². The van der Waals surface area contributed by atoms with Crippen LogP contribution in [0, 0.1) is 6.92 Å². The van der Waals surface area contributed by atoms with Gasteiger partial charge in [-0.2, -0.15) is 0 Å². The molecular weight excluding hydrogens is 430 g/mol. The molecule has 0 atom stereocenters. The molecule has 0 fully saturated rings. The maximum Gasteiger partial charge on any atom is 0.322 e. The Kier molecular flexibility index (Phi) is 9.07. The second kappa shape index (κ2) is 12.2. The first-order valence-corrected chi connectivity index (χ1v) is 12.3. The summed E-state index contributed by atoms with van der Waals surface area (Å²) in [5.74, 6) is -0.0594. The summed E-state index contributed by atoms with van der Waals surface area (Å²) >= 11 is 1.70. The third kappa shape index (κ3) is 7.46. The van der Waals surface area contributed by atoms with E-state index in [9.17, 15) is 9.59 Å². The Morgan fingerprint density at radius 1 is 0.879 bits per heavy atom. The van der Waals surface area contributed by atoms with Gasteiger partial charge in [-0.05, 0) is 55.2 Å². The lowest BCUT2D eigenvalue weighted by atomic mass is 10.1. The van der Waals surface area contributed by atoms with E-state index in [-0.39, 0.29) is 18.5 Å². The van der Waals surface area contributed by atoms with Gasteiger partial charge in [0.1, 0.15) is 6.54 Å². The molecule has 0 spiro atoms. The van der Waals surface area contributed by atoms with Gasteiger partial charge in [-0.25, -0.2) is 4.79 Å². The summed E-state index contributed by atoms with van der Waals surface area (Å²) in [4.78, 5) is 32.2. The molecule has 5 nitrogen and oxygen atoms in total. The average Bonchev–Trinajstić information content (AvgIpc) is 3.23. The number of hydrogen-bond donors (Lipinski definition) is 1. The van der Waals surface area contributed by atoms with Crippen molar-refractivity contribution in [3.63, 3.8) is 0 Å². The fourth-order valence-corrected chi connectivity index (χ4v) is 4.56. The molecule has 0 unspecified atom stereocenters. The first-order valence-electron chi connectivity index (χ1n) is 11.5. The lowest BCUT2D eigenvalue weighted by Crippen LogP contribution is -2.44. The van der Waals surface area contributed by atoms with E-state index >= 15 is 0 Å². The summed E-state index contributed by atoms with van der Waals surface area (Å²) in [6, 6.07) is 21.7. The highest BCUT2D eigenvalue weighted by atomic mass is 32.1. The van der Waals surface area contributed by atoms with Crippen molar-refractivity contribution in [2.75, 3.05) is 18.4 Å². The summed E-state index contributed by atoms with van der Waals surface area (Å²) in [6.45, 7) is 7.77. The number of nitrogens with one attached hydrogen (secondary N) is 1. The van der Waals surface area contributed by atoms with Crippen molar-refractivity contribution in [1.29, 1.82) is 0 Å². The van der Waals surface area contributed by atoms with Crippen LogP contribution in [-0.2, 0) is 24.3 Å². The number of aryl methyl sites for hydroxylation is 2. The molecule has 1 aromatic heterocycles. The van der Waals surface area contributed by atoms with Gasteiger partial charge in [-0.15, -0.1) is 11.3 Å². The van der Waals surface area contributed by atoms with Gasteiger partial charge in [-0.3, -0.25) is 4.79 Å². The number of benzene rings is 2. The number of thiophene rings is 1. The van der Waals surface area contributed by atoms with Crippen LogP contribution in [-0.4, -0.2) is 34.8 Å². The van der Waals surface area contributed by atoms with E-state index in [0.717, 1.165) is 34.5 Å². The fourth-order valence-electron chi connectivity index (χ4n) is 3.65. The van der Waals surface area contributed by atoms with Crippen molar-refractivity contribution >= 4 is 29.0 Å². The lowest BCUT2D eigenvalue weighted by Gasteiger charge is -2.27. The summed E-state index contributed by atoms with van der Waals surface area (Å²) in [5, 5.41) is 2.97. The zero-order valence-electron chi connectivity index (χ0n) is 19.7. The van der Waals surface area contributed by atoms with E-state index in [0.29, 0.717) is 19.6 Å². The van der Waals surface area contributed by atoms with Gasteiger partial charge < -0.3 is 15.1 Å². The SMILES string of the molecule is CCCN(CC(=O)N(Cc1ccccc1)Cc1ccc(C)s1)C(=O)Nc1cccc(CC)c1. The van der Waals surface area contributed by atoms with Crippen LogP contribution in [0.15, 0.2) is 66.7 Å². The first kappa shape index (κ1) is 24.5. The van der Waals surface area contributed by atoms with Crippen molar-refractivity contribution in [3.05, 3.63) is 87.6 Å². The van der Waals surface area contributed by atoms with E-state index in [4.69, 9.17) is 0 Å². The molecule has 3 amide bonds. The van der Waals surface area contributed by atoms with Crippen LogP contribution in [0.2, 0.25) is 0 Å². The highest BCUT2D eigenvalue weighted by Crippen LogP contribution is 2.19. The van der Waals surface area contributed by atoms with Gasteiger partial charge in [0, 0.05) is 28.5 Å². The number of carbonyl (C=O) groups excluding carboxylic acids is 2. The van der Waals surface area contributed by atoms with Crippen LogP contribution in [0.1, 0.15) is 41.1 Å². The Morgan fingerprint density at radius 2 is 1.64 bits per heavy atom. The molecule has 33 heavy (non-hydrogen) atoms. The molecule has 0 aliphatic carbocycles. The number of urea groups is 1. The molecule has 174 valence electrons. The van der Waals surface area contributed by atoms with Crippen molar-refractivity contribution in [2.24, 2.45) is 0 Å². The molecule has 1 heterocycles. The molecule has 3 aromatic rings. The van der Waals surface area contributed by atoms with Gasteiger partial charge in [-0.1, -0.05) is 56.3 Å². The molecule has 0 saturated heterocycles. The maximum absolute atomic E-state index is 13.4. The minimum Gasteiger partial charge on any atom is -0.332 e. The van der Waals surface area contributed by atoms with Crippen molar-refractivity contribution in [1.82, 2.24) is 9.80 Å². The van der Waals surface area contributed by atoms with Crippen LogP contribution >= 0.6 is 11.3 Å². The van der Waals surface area contributed by atoms with E-state index in [1.165, 1.54) is 4.88 Å². The number of anilines is 1. The summed E-state index contributed by atoms with van der Waals surface area (Å²) in [7, 11) is 0. The van der Waals surface area contributed by atoms with Crippen LogP contribution in [0.3, 0.4) is 0 Å². The largest absolute Gasteiger partial charge is 0.332 e. The lowest BCUT2D eigenvalue weighted by molar-refractivity contribution is -0.133. The molecule has 0 radical (unpaired) electrons. The Labute approximate surface area is 201 Å². The number of hydrogen-bond acceptors (Lipinski definition) is 3. The van der Waals surface area contributed by atoms with Crippen LogP contribution < -0.4 is 5.32 Å². The van der Waals surface area contributed by atoms with Gasteiger partial charge in [0.2, 0.25) is 5.91 Å². The Balaban J connectivity index is 1.73. The highest BCUT2D eigenvalue weighted by molar-refractivity contribution is 7.11. The Morgan fingerprint density at radius 3 is 2.30 bits per heavy atom. The topological polar surface area (TPSA) is 52.7 Å². The van der Waals surface area contributed by atoms with E-state index < -0.39 is 0 Å². The molecule has 3 rings (SSSR count). The van der Waals surface area contributed by atoms with Crippen LogP contribution in [0.25, 0.3) is 0 Å². The van der Waals surface area contributed by atoms with Gasteiger partial charge in [0.15, 0.2) is 0 Å². The first-order chi connectivity index (χ1) is 16.0. The molecule has 0 saturated carbocycles. The monoisotopic (exact) mass is 463 g/mol. The van der Waals surface area contributed by atoms with Crippen LogP contribution in [0.5, 0.6) is 0 Å². The van der Waals surface area contributed by atoms with Gasteiger partial charge in [0.25, 0.3) is 0 Å². The van der Waals surface area contributed by atoms with E-state index in [1.807, 2.05) is 66.4 Å². The number of amides is 3. The Bertz CT molecular complexity index is 1050. The molecular formula is C27H33N3O2S. The quantitative estimate of drug-likeness (QED) is 0.395. The molecule has 2 aromatic carbocycles. The number of nitrogens with zero attached hydrogens (tertiary/aromatic N) is 2. The number of rotatable bonds is 10. The summed E-state index contributed by atoms with van der Waals surface area (Å²) in [6.07, 6.45) is 1.68. The molecule has 1 N–H and O–H groups in total. The molecule has 0 aliphatic rings. The summed E-state index contributed by atoms with van der Waals surface area (Å²) in [5.41, 5.74) is 2.98. The minimum absolute atomic E-state index is 0.0460. The minimum atomic E-state index is -0.245. The zero-order chi connectivity index (χ0) is 23.6. The highest BCUT2D eigenvalue weighted by Gasteiger charge is 2.22. The van der Waals surface area contributed by atoms with Gasteiger partial charge in [0.05, 0.1) is 6.54 Å². The second-order valence-electron chi connectivity index (χ2n) is 8.15. The fraction of sp³-hybridized carbons (Fsp3) is 0.333. The maximum atomic E-state index is 13.4. The van der Waals surface area contributed by atoms with Crippen LogP contribution in [0.4, 0.5) is 10.5 Å². The van der Waals surface area contributed by atoms with Crippen molar-refractivity contribution in [3.8, 4) is 0 Å². The predicted octanol–water partition coefficient (Wildman–Crippen LogP) is 6.09.